The number of hydrogen-bond acceptors (Lipinski definition) is 3. The van der Waals surface area contributed by atoms with E-state index >= 15 is 0 Å². The molecular weight excluding hydrogens is 302 g/mol. The van der Waals surface area contributed by atoms with Crippen LogP contribution in [0.4, 0.5) is 4.79 Å². The van der Waals surface area contributed by atoms with E-state index in [0.29, 0.717) is 30.3 Å². The molecule has 2 aliphatic heterocycles. The highest BCUT2D eigenvalue weighted by Gasteiger charge is 2.59. The number of carbonyl (C=O) groups excluding carboxylic acids is 1. The molecule has 0 aromatic heterocycles. The summed E-state index contributed by atoms with van der Waals surface area (Å²) in [5, 5.41) is 6.56. The standard InChI is InChI=1S/C19H33N3O2/c1-3-24-17-12-16(19(17)8-5-9-19)21-18(23)20-13-10-14-6-4-7-15(11-13)22(14)2/h13-17H,3-12H2,1-2H3,(H2,20,21,23)/t13?,14-,15+,16-,17+/m0/s1. The fourth-order valence-corrected chi connectivity index (χ4v) is 5.76. The molecule has 5 nitrogen and oxygen atoms in total. The number of hydrogen-bond donors (Lipinski definition) is 2. The molecule has 0 radical (unpaired) electrons. The van der Waals surface area contributed by atoms with Gasteiger partial charge in [0, 0.05) is 36.2 Å². The van der Waals surface area contributed by atoms with E-state index in [9.17, 15) is 4.79 Å². The molecule has 2 saturated heterocycles. The Kier molecular flexibility index (Phi) is 4.50. The molecule has 0 aromatic carbocycles. The van der Waals surface area contributed by atoms with Crippen molar-refractivity contribution in [2.75, 3.05) is 13.7 Å². The summed E-state index contributed by atoms with van der Waals surface area (Å²) in [5.41, 5.74) is 0.247. The first-order valence-electron chi connectivity index (χ1n) is 10.0. The van der Waals surface area contributed by atoms with Crippen LogP contribution in [0.15, 0.2) is 0 Å². The van der Waals surface area contributed by atoms with Crippen LogP contribution in [0.1, 0.15) is 64.7 Å². The van der Waals surface area contributed by atoms with Gasteiger partial charge in [-0.3, -0.25) is 0 Å². The predicted octanol–water partition coefficient (Wildman–Crippen LogP) is 2.65. The smallest absolute Gasteiger partial charge is 0.315 e. The lowest BCUT2D eigenvalue weighted by atomic mass is 9.51. The Hall–Kier alpha value is -0.810. The van der Waals surface area contributed by atoms with E-state index in [1.54, 1.807) is 0 Å². The molecule has 5 atom stereocenters. The maximum atomic E-state index is 12.5. The van der Waals surface area contributed by atoms with E-state index in [4.69, 9.17) is 4.74 Å². The van der Waals surface area contributed by atoms with Crippen molar-refractivity contribution in [3.63, 3.8) is 0 Å². The van der Waals surface area contributed by atoms with Crippen molar-refractivity contribution >= 4 is 6.03 Å². The van der Waals surface area contributed by atoms with Crippen LogP contribution in [0, 0.1) is 5.41 Å². The Morgan fingerprint density at radius 1 is 1.12 bits per heavy atom. The predicted molar refractivity (Wildman–Crippen MR) is 94.0 cm³/mol. The van der Waals surface area contributed by atoms with Gasteiger partial charge in [0.1, 0.15) is 0 Å². The van der Waals surface area contributed by atoms with Crippen LogP contribution >= 0.6 is 0 Å². The number of fused-ring (bicyclic) bond motifs is 2. The summed E-state index contributed by atoms with van der Waals surface area (Å²) < 4.78 is 5.88. The molecule has 5 heteroatoms. The van der Waals surface area contributed by atoms with Crippen LogP contribution in [0.3, 0.4) is 0 Å². The highest BCUT2D eigenvalue weighted by Crippen LogP contribution is 2.57. The summed E-state index contributed by atoms with van der Waals surface area (Å²) >= 11 is 0. The summed E-state index contributed by atoms with van der Waals surface area (Å²) in [6.45, 7) is 2.85. The second-order valence-corrected chi connectivity index (χ2v) is 8.51. The zero-order chi connectivity index (χ0) is 16.7. The van der Waals surface area contributed by atoms with Gasteiger partial charge in [-0.05, 0) is 58.9 Å². The molecule has 2 heterocycles. The van der Waals surface area contributed by atoms with Gasteiger partial charge in [0.15, 0.2) is 0 Å². The van der Waals surface area contributed by atoms with Gasteiger partial charge in [0.25, 0.3) is 0 Å². The summed E-state index contributed by atoms with van der Waals surface area (Å²) in [4.78, 5) is 15.1. The summed E-state index contributed by atoms with van der Waals surface area (Å²) in [7, 11) is 2.26. The van der Waals surface area contributed by atoms with Gasteiger partial charge in [-0.2, -0.15) is 0 Å². The van der Waals surface area contributed by atoms with Crippen LogP contribution in [0.5, 0.6) is 0 Å². The lowest BCUT2D eigenvalue weighted by Crippen LogP contribution is -2.69. The van der Waals surface area contributed by atoms with Crippen molar-refractivity contribution in [2.24, 2.45) is 5.41 Å². The molecule has 1 spiro atoms. The molecule has 4 fully saturated rings. The first-order valence-corrected chi connectivity index (χ1v) is 10.0. The average molecular weight is 335 g/mol. The van der Waals surface area contributed by atoms with E-state index in [0.717, 1.165) is 25.9 Å². The van der Waals surface area contributed by atoms with Crippen molar-refractivity contribution in [3.05, 3.63) is 0 Å². The fourth-order valence-electron chi connectivity index (χ4n) is 5.76. The monoisotopic (exact) mass is 335 g/mol. The van der Waals surface area contributed by atoms with E-state index in [1.165, 1.54) is 38.5 Å². The lowest BCUT2D eigenvalue weighted by molar-refractivity contribution is -0.169. The van der Waals surface area contributed by atoms with Gasteiger partial charge < -0.3 is 20.3 Å². The summed E-state index contributed by atoms with van der Waals surface area (Å²) in [5.74, 6) is 0. The van der Waals surface area contributed by atoms with Gasteiger partial charge in [0.2, 0.25) is 0 Å². The Balaban J connectivity index is 1.28. The van der Waals surface area contributed by atoms with E-state index in [-0.39, 0.29) is 11.4 Å². The number of amides is 2. The molecule has 2 aliphatic carbocycles. The number of piperidine rings is 2. The van der Waals surface area contributed by atoms with Crippen LogP contribution in [0.2, 0.25) is 0 Å². The molecule has 2 bridgehead atoms. The number of nitrogens with zero attached hydrogens (tertiary/aromatic N) is 1. The van der Waals surface area contributed by atoms with Crippen LogP contribution in [-0.2, 0) is 4.74 Å². The van der Waals surface area contributed by atoms with E-state index < -0.39 is 0 Å². The van der Waals surface area contributed by atoms with Gasteiger partial charge in [-0.25, -0.2) is 4.79 Å². The van der Waals surface area contributed by atoms with Crippen molar-refractivity contribution < 1.29 is 9.53 Å². The van der Waals surface area contributed by atoms with Gasteiger partial charge >= 0.3 is 6.03 Å². The third kappa shape index (κ3) is 2.74. The number of ether oxygens (including phenoxy) is 1. The molecule has 136 valence electrons. The normalized spacial score (nSPS) is 40.5. The average Bonchev–Trinajstić information content (AvgIpc) is 2.45. The maximum Gasteiger partial charge on any atom is 0.315 e. The molecule has 24 heavy (non-hydrogen) atoms. The largest absolute Gasteiger partial charge is 0.378 e. The van der Waals surface area contributed by atoms with Crippen LogP contribution in [-0.4, -0.2) is 54.9 Å². The van der Waals surface area contributed by atoms with Crippen LogP contribution < -0.4 is 10.6 Å². The Morgan fingerprint density at radius 2 is 1.83 bits per heavy atom. The molecule has 2 N–H and O–H groups in total. The maximum absolute atomic E-state index is 12.5. The quantitative estimate of drug-likeness (QED) is 0.830. The van der Waals surface area contributed by atoms with Gasteiger partial charge in [0.05, 0.1) is 6.10 Å². The minimum Gasteiger partial charge on any atom is -0.378 e. The number of urea groups is 1. The minimum atomic E-state index is 0.0499. The Labute approximate surface area is 145 Å². The van der Waals surface area contributed by atoms with Crippen molar-refractivity contribution in [3.8, 4) is 0 Å². The molecular formula is C19H33N3O2. The van der Waals surface area contributed by atoms with Crippen LogP contribution in [0.25, 0.3) is 0 Å². The topological polar surface area (TPSA) is 53.6 Å². The molecule has 2 amide bonds. The fraction of sp³-hybridized carbons (Fsp3) is 0.947. The molecule has 1 unspecified atom stereocenters. The van der Waals surface area contributed by atoms with Gasteiger partial charge in [-0.1, -0.05) is 12.8 Å². The number of nitrogens with one attached hydrogen (secondary N) is 2. The number of carbonyl (C=O) groups is 1. The van der Waals surface area contributed by atoms with Gasteiger partial charge in [-0.15, -0.1) is 0 Å². The van der Waals surface area contributed by atoms with E-state index in [2.05, 4.69) is 29.5 Å². The first-order chi connectivity index (χ1) is 11.6. The SMILES string of the molecule is CCO[C@@H]1C[C@H](NC(=O)NC2C[C@H]3CCC[C@@H](C2)N3C)C12CCC2. The molecule has 4 rings (SSSR count). The number of rotatable bonds is 4. The third-order valence-corrected chi connectivity index (χ3v) is 7.42. The molecule has 2 saturated carbocycles. The molecule has 4 aliphatic rings. The second kappa shape index (κ2) is 6.49. The highest BCUT2D eigenvalue weighted by atomic mass is 16.5. The second-order valence-electron chi connectivity index (χ2n) is 8.51. The zero-order valence-electron chi connectivity index (χ0n) is 15.2. The summed E-state index contributed by atoms with van der Waals surface area (Å²) in [6.07, 6.45) is 11.2. The van der Waals surface area contributed by atoms with Crippen molar-refractivity contribution in [1.29, 1.82) is 0 Å². The minimum absolute atomic E-state index is 0.0499. The lowest BCUT2D eigenvalue weighted by Gasteiger charge is -2.61. The van der Waals surface area contributed by atoms with Crippen molar-refractivity contribution in [1.82, 2.24) is 15.5 Å². The third-order valence-electron chi connectivity index (χ3n) is 7.42. The molecule has 0 aromatic rings. The van der Waals surface area contributed by atoms with Crippen molar-refractivity contribution in [2.45, 2.75) is 95.0 Å². The first kappa shape index (κ1) is 16.6. The highest BCUT2D eigenvalue weighted by molar-refractivity contribution is 5.75. The van der Waals surface area contributed by atoms with E-state index in [1.807, 2.05) is 0 Å². The Morgan fingerprint density at radius 3 is 2.42 bits per heavy atom. The Bertz CT molecular complexity index is 465. The zero-order valence-corrected chi connectivity index (χ0v) is 15.2. The summed E-state index contributed by atoms with van der Waals surface area (Å²) in [6, 6.07) is 2.03.